The highest BCUT2D eigenvalue weighted by molar-refractivity contribution is 6.51. The fraction of sp³-hybridized carbons (Fsp3) is 0.136. The van der Waals surface area contributed by atoms with Crippen LogP contribution in [0.5, 0.6) is 11.5 Å². The standard InChI is InChI=1S/C22H18N2O6/c1-12-10-17(23-30-12)24-19(14-8-9-15(25)16(11-14)29-2)18(21(27)22(24)28)20(26)13-6-4-3-5-7-13/h3-11,19,25-26H,1-2H3/t19-/m0/s1. The molecule has 2 N–H and O–H groups in total. The number of aromatic nitrogens is 1. The number of benzene rings is 2. The number of amides is 1. The van der Waals surface area contributed by atoms with Crippen molar-refractivity contribution in [3.63, 3.8) is 0 Å². The molecule has 0 unspecified atom stereocenters. The highest BCUT2D eigenvalue weighted by atomic mass is 16.5. The molecule has 1 atom stereocenters. The summed E-state index contributed by atoms with van der Waals surface area (Å²) in [5, 5.41) is 24.8. The molecular formula is C22H18N2O6. The lowest BCUT2D eigenvalue weighted by Gasteiger charge is -2.23. The summed E-state index contributed by atoms with van der Waals surface area (Å²) in [6.07, 6.45) is 0. The molecule has 1 aliphatic heterocycles. The zero-order valence-corrected chi connectivity index (χ0v) is 16.2. The Labute approximate surface area is 171 Å². The Bertz CT molecular complexity index is 1170. The molecular weight excluding hydrogens is 388 g/mol. The predicted octanol–water partition coefficient (Wildman–Crippen LogP) is 3.32. The molecule has 2 heterocycles. The van der Waals surface area contributed by atoms with Gasteiger partial charge in [0.1, 0.15) is 11.5 Å². The second-order valence-corrected chi connectivity index (χ2v) is 6.76. The summed E-state index contributed by atoms with van der Waals surface area (Å²) >= 11 is 0. The van der Waals surface area contributed by atoms with Crippen LogP contribution in [0.1, 0.15) is 22.9 Å². The first-order valence-corrected chi connectivity index (χ1v) is 9.09. The predicted molar refractivity (Wildman–Crippen MR) is 107 cm³/mol. The van der Waals surface area contributed by atoms with Crippen LogP contribution in [0.4, 0.5) is 5.82 Å². The van der Waals surface area contributed by atoms with E-state index in [0.717, 1.165) is 0 Å². The van der Waals surface area contributed by atoms with Crippen LogP contribution in [-0.4, -0.2) is 34.2 Å². The number of anilines is 1. The van der Waals surface area contributed by atoms with E-state index in [1.54, 1.807) is 43.3 Å². The number of aromatic hydroxyl groups is 1. The first-order valence-electron chi connectivity index (χ1n) is 9.09. The number of Topliss-reactive ketones (excluding diaryl/α,β-unsaturated/α-hetero) is 1. The van der Waals surface area contributed by atoms with Gasteiger partial charge >= 0.3 is 5.91 Å². The summed E-state index contributed by atoms with van der Waals surface area (Å²) in [4.78, 5) is 27.1. The monoisotopic (exact) mass is 406 g/mol. The number of ether oxygens (including phenoxy) is 1. The molecule has 4 rings (SSSR count). The van der Waals surface area contributed by atoms with E-state index in [1.165, 1.54) is 30.2 Å². The minimum atomic E-state index is -0.996. The molecule has 1 fully saturated rings. The number of hydrogen-bond acceptors (Lipinski definition) is 7. The Morgan fingerprint density at radius 2 is 1.87 bits per heavy atom. The van der Waals surface area contributed by atoms with Crippen molar-refractivity contribution in [3.05, 3.63) is 77.1 Å². The number of ketones is 1. The van der Waals surface area contributed by atoms with Gasteiger partial charge in [-0.05, 0) is 24.6 Å². The number of rotatable bonds is 4. The van der Waals surface area contributed by atoms with Gasteiger partial charge in [-0.3, -0.25) is 14.5 Å². The molecule has 30 heavy (non-hydrogen) atoms. The maximum absolute atomic E-state index is 13.0. The Morgan fingerprint density at radius 1 is 1.13 bits per heavy atom. The van der Waals surface area contributed by atoms with Crippen molar-refractivity contribution in [1.82, 2.24) is 5.16 Å². The summed E-state index contributed by atoms with van der Waals surface area (Å²) in [6.45, 7) is 1.66. The molecule has 0 saturated carbocycles. The van der Waals surface area contributed by atoms with Crippen LogP contribution >= 0.6 is 0 Å². The minimum Gasteiger partial charge on any atom is -0.507 e. The van der Waals surface area contributed by atoms with Gasteiger partial charge in [0.15, 0.2) is 17.3 Å². The normalized spacial score (nSPS) is 18.1. The molecule has 0 radical (unpaired) electrons. The van der Waals surface area contributed by atoms with Gasteiger partial charge in [0.2, 0.25) is 0 Å². The quantitative estimate of drug-likeness (QED) is 0.388. The SMILES string of the molecule is COc1cc([C@H]2C(=C(O)c3ccccc3)C(=O)C(=O)N2c2cc(C)on2)ccc1O. The topological polar surface area (TPSA) is 113 Å². The van der Waals surface area contributed by atoms with E-state index in [0.29, 0.717) is 16.9 Å². The van der Waals surface area contributed by atoms with Crippen molar-refractivity contribution in [2.75, 3.05) is 12.0 Å². The smallest absolute Gasteiger partial charge is 0.301 e. The van der Waals surface area contributed by atoms with Crippen molar-refractivity contribution in [3.8, 4) is 11.5 Å². The van der Waals surface area contributed by atoms with Gasteiger partial charge in [-0.15, -0.1) is 0 Å². The summed E-state index contributed by atoms with van der Waals surface area (Å²) in [5.74, 6) is -1.36. The molecule has 0 spiro atoms. The number of phenols is 1. The molecule has 1 saturated heterocycles. The maximum atomic E-state index is 13.0. The van der Waals surface area contributed by atoms with Crippen molar-refractivity contribution < 1.29 is 29.1 Å². The van der Waals surface area contributed by atoms with E-state index in [2.05, 4.69) is 5.16 Å². The summed E-state index contributed by atoms with van der Waals surface area (Å²) in [7, 11) is 1.39. The highest BCUT2D eigenvalue weighted by Crippen LogP contribution is 2.43. The number of aryl methyl sites for hydroxylation is 1. The number of aliphatic hydroxyl groups excluding tert-OH is 1. The van der Waals surface area contributed by atoms with E-state index < -0.39 is 17.7 Å². The lowest BCUT2D eigenvalue weighted by Crippen LogP contribution is -2.29. The second-order valence-electron chi connectivity index (χ2n) is 6.76. The van der Waals surface area contributed by atoms with E-state index >= 15 is 0 Å². The van der Waals surface area contributed by atoms with Crippen LogP contribution in [0.15, 0.2) is 64.7 Å². The Balaban J connectivity index is 1.97. The van der Waals surface area contributed by atoms with Crippen LogP contribution in [0.25, 0.3) is 5.76 Å². The lowest BCUT2D eigenvalue weighted by atomic mass is 9.95. The molecule has 0 aliphatic carbocycles. The first kappa shape index (κ1) is 19.3. The molecule has 8 heteroatoms. The van der Waals surface area contributed by atoms with Gasteiger partial charge in [0, 0.05) is 11.6 Å². The third-order valence-electron chi connectivity index (χ3n) is 4.87. The van der Waals surface area contributed by atoms with Gasteiger partial charge in [0.05, 0.1) is 18.7 Å². The molecule has 2 aromatic carbocycles. The Morgan fingerprint density at radius 3 is 2.50 bits per heavy atom. The van der Waals surface area contributed by atoms with Crippen molar-refractivity contribution in [1.29, 1.82) is 0 Å². The van der Waals surface area contributed by atoms with E-state index in [1.807, 2.05) is 0 Å². The fourth-order valence-corrected chi connectivity index (χ4v) is 3.47. The average molecular weight is 406 g/mol. The Hall–Kier alpha value is -4.07. The van der Waals surface area contributed by atoms with Crippen LogP contribution in [0, 0.1) is 6.92 Å². The van der Waals surface area contributed by atoms with Crippen LogP contribution in [0.3, 0.4) is 0 Å². The molecule has 152 valence electrons. The molecule has 1 aromatic heterocycles. The number of hydrogen-bond donors (Lipinski definition) is 2. The van der Waals surface area contributed by atoms with E-state index in [4.69, 9.17) is 9.26 Å². The maximum Gasteiger partial charge on any atom is 0.301 e. The summed E-state index contributed by atoms with van der Waals surface area (Å²) in [5.41, 5.74) is 0.740. The van der Waals surface area contributed by atoms with Gasteiger partial charge in [-0.2, -0.15) is 0 Å². The van der Waals surface area contributed by atoms with E-state index in [-0.39, 0.29) is 28.6 Å². The first-order chi connectivity index (χ1) is 14.4. The number of aliphatic hydroxyl groups is 1. The molecule has 0 bridgehead atoms. The van der Waals surface area contributed by atoms with Crippen molar-refractivity contribution in [2.45, 2.75) is 13.0 Å². The molecule has 8 nitrogen and oxygen atoms in total. The summed E-state index contributed by atoms with van der Waals surface area (Å²) < 4.78 is 10.3. The van der Waals surface area contributed by atoms with Crippen LogP contribution in [0.2, 0.25) is 0 Å². The van der Waals surface area contributed by atoms with Gasteiger partial charge < -0.3 is 19.5 Å². The van der Waals surface area contributed by atoms with E-state index in [9.17, 15) is 19.8 Å². The van der Waals surface area contributed by atoms with Gasteiger partial charge in [-0.1, -0.05) is 41.6 Å². The van der Waals surface area contributed by atoms with Gasteiger partial charge in [0.25, 0.3) is 5.78 Å². The zero-order chi connectivity index (χ0) is 21.4. The molecule has 1 aliphatic rings. The number of phenolic OH excluding ortho intramolecular Hbond substituents is 1. The minimum absolute atomic E-state index is 0.0976. The largest absolute Gasteiger partial charge is 0.507 e. The number of methoxy groups -OCH3 is 1. The molecule has 1 amide bonds. The third kappa shape index (κ3) is 3.08. The van der Waals surface area contributed by atoms with Crippen molar-refractivity contribution in [2.24, 2.45) is 0 Å². The summed E-state index contributed by atoms with van der Waals surface area (Å²) in [6, 6.07) is 13.4. The lowest BCUT2D eigenvalue weighted by molar-refractivity contribution is -0.132. The number of carbonyl (C=O) groups is 2. The Kier molecular flexibility index (Phi) is 4.75. The fourth-order valence-electron chi connectivity index (χ4n) is 3.47. The van der Waals surface area contributed by atoms with Gasteiger partial charge in [-0.25, -0.2) is 0 Å². The zero-order valence-electron chi connectivity index (χ0n) is 16.2. The molecule has 3 aromatic rings. The third-order valence-corrected chi connectivity index (χ3v) is 4.87. The van der Waals surface area contributed by atoms with Crippen LogP contribution < -0.4 is 9.64 Å². The highest BCUT2D eigenvalue weighted by Gasteiger charge is 2.48. The van der Waals surface area contributed by atoms with Crippen molar-refractivity contribution >= 4 is 23.3 Å². The number of carbonyl (C=O) groups excluding carboxylic acids is 2. The average Bonchev–Trinajstić information content (AvgIpc) is 3.29. The van der Waals surface area contributed by atoms with Crippen LogP contribution in [-0.2, 0) is 9.59 Å². The number of nitrogens with zero attached hydrogens (tertiary/aromatic N) is 2. The second kappa shape index (κ2) is 7.40.